The maximum Gasteiger partial charge on any atom is 0.0328 e. The van der Waals surface area contributed by atoms with Crippen molar-refractivity contribution in [2.45, 2.75) is 6.92 Å². The minimum atomic E-state index is 1.02. The van der Waals surface area contributed by atoms with Crippen molar-refractivity contribution in [2.24, 2.45) is 0 Å². The lowest BCUT2D eigenvalue weighted by Crippen LogP contribution is -1.85. The van der Waals surface area contributed by atoms with Gasteiger partial charge < -0.3 is 0 Å². The van der Waals surface area contributed by atoms with E-state index in [-0.39, 0.29) is 0 Å². The summed E-state index contributed by atoms with van der Waals surface area (Å²) in [5.41, 5.74) is 5.33. The Bertz CT molecular complexity index is 1210. The quantitative estimate of drug-likeness (QED) is 0.347. The molecule has 0 fully saturated rings. The molecule has 0 spiro atoms. The highest BCUT2D eigenvalue weighted by molar-refractivity contribution is 5.93. The van der Waals surface area contributed by atoms with Crippen LogP contribution in [0.5, 0.6) is 0 Å². The molecule has 0 bridgehead atoms. The molecule has 4 aromatic rings. The smallest absolute Gasteiger partial charge is 0.0328 e. The largest absolute Gasteiger partial charge is 0.0622 e. The summed E-state index contributed by atoms with van der Waals surface area (Å²) in [6.07, 6.45) is 0. The van der Waals surface area contributed by atoms with E-state index < -0.39 is 0 Å². The lowest BCUT2D eigenvalue weighted by Gasteiger charge is -2.03. The monoisotopic (exact) mass is 342 g/mol. The van der Waals surface area contributed by atoms with Gasteiger partial charge in [0.2, 0.25) is 0 Å². The second kappa shape index (κ2) is 7.65. The van der Waals surface area contributed by atoms with Crippen LogP contribution in [0.1, 0.15) is 27.8 Å². The fraction of sp³-hybridized carbons (Fsp3) is 0.0370. The van der Waals surface area contributed by atoms with Crippen LogP contribution in [0.2, 0.25) is 0 Å². The SMILES string of the molecule is Cc1ccc(C#Cc2ccc(C#Cc3ccccc3)c3ccccc23)cc1. The van der Waals surface area contributed by atoms with Gasteiger partial charge in [0.05, 0.1) is 0 Å². The topological polar surface area (TPSA) is 0 Å². The average Bonchev–Trinajstić information content (AvgIpc) is 2.73. The van der Waals surface area contributed by atoms with Crippen molar-refractivity contribution < 1.29 is 0 Å². The molecule has 0 saturated heterocycles. The molecule has 27 heavy (non-hydrogen) atoms. The van der Waals surface area contributed by atoms with Crippen LogP contribution in [0, 0.1) is 30.6 Å². The Morgan fingerprint density at radius 1 is 0.444 bits per heavy atom. The zero-order valence-electron chi connectivity index (χ0n) is 15.2. The third-order valence-electron chi connectivity index (χ3n) is 4.43. The maximum atomic E-state index is 3.33. The van der Waals surface area contributed by atoms with Crippen molar-refractivity contribution in [3.8, 4) is 23.7 Å². The zero-order valence-corrected chi connectivity index (χ0v) is 15.2. The minimum absolute atomic E-state index is 1.02. The lowest BCUT2D eigenvalue weighted by molar-refractivity contribution is 1.46. The molecular formula is C27H18. The van der Waals surface area contributed by atoms with Crippen LogP contribution >= 0.6 is 0 Å². The molecule has 0 heteroatoms. The van der Waals surface area contributed by atoms with E-state index in [1.807, 2.05) is 42.5 Å². The van der Waals surface area contributed by atoms with Crippen molar-refractivity contribution in [1.82, 2.24) is 0 Å². The van der Waals surface area contributed by atoms with Crippen molar-refractivity contribution in [2.75, 3.05) is 0 Å². The predicted molar refractivity (Wildman–Crippen MR) is 114 cm³/mol. The molecule has 0 nitrogen and oxygen atoms in total. The van der Waals surface area contributed by atoms with Crippen LogP contribution in [0.3, 0.4) is 0 Å². The van der Waals surface area contributed by atoms with E-state index in [1.54, 1.807) is 0 Å². The van der Waals surface area contributed by atoms with Gasteiger partial charge in [-0.2, -0.15) is 0 Å². The summed E-state index contributed by atoms with van der Waals surface area (Å²) < 4.78 is 0. The van der Waals surface area contributed by atoms with E-state index >= 15 is 0 Å². The molecule has 4 aromatic carbocycles. The van der Waals surface area contributed by atoms with Crippen molar-refractivity contribution in [1.29, 1.82) is 0 Å². The van der Waals surface area contributed by atoms with Crippen LogP contribution in [-0.2, 0) is 0 Å². The molecular weight excluding hydrogens is 324 g/mol. The van der Waals surface area contributed by atoms with E-state index in [2.05, 4.69) is 79.1 Å². The number of fused-ring (bicyclic) bond motifs is 1. The minimum Gasteiger partial charge on any atom is -0.0622 e. The molecule has 0 saturated carbocycles. The van der Waals surface area contributed by atoms with Gasteiger partial charge in [-0.1, -0.05) is 83.8 Å². The molecule has 0 amide bonds. The van der Waals surface area contributed by atoms with Crippen LogP contribution in [0.25, 0.3) is 10.8 Å². The van der Waals surface area contributed by atoms with Gasteiger partial charge >= 0.3 is 0 Å². The summed E-state index contributed by atoms with van der Waals surface area (Å²) in [6.45, 7) is 2.08. The fourth-order valence-corrected chi connectivity index (χ4v) is 2.95. The molecule has 0 N–H and O–H groups in total. The van der Waals surface area contributed by atoms with Crippen LogP contribution in [-0.4, -0.2) is 0 Å². The molecule has 0 heterocycles. The van der Waals surface area contributed by atoms with E-state index in [0.29, 0.717) is 0 Å². The van der Waals surface area contributed by atoms with Gasteiger partial charge in [0.25, 0.3) is 0 Å². The van der Waals surface area contributed by atoms with Crippen molar-refractivity contribution >= 4 is 10.8 Å². The molecule has 0 atom stereocenters. The van der Waals surface area contributed by atoms with Gasteiger partial charge in [-0.3, -0.25) is 0 Å². The summed E-state index contributed by atoms with van der Waals surface area (Å²) in [7, 11) is 0. The summed E-state index contributed by atoms with van der Waals surface area (Å²) in [4.78, 5) is 0. The Hall–Kier alpha value is -3.74. The Morgan fingerprint density at radius 2 is 0.926 bits per heavy atom. The molecule has 0 aliphatic heterocycles. The number of aryl methyl sites for hydroxylation is 1. The first-order valence-electron chi connectivity index (χ1n) is 8.97. The fourth-order valence-electron chi connectivity index (χ4n) is 2.95. The van der Waals surface area contributed by atoms with E-state index in [9.17, 15) is 0 Å². The predicted octanol–water partition coefficient (Wildman–Crippen LogP) is 5.95. The standard InChI is InChI=1S/C27H18/c1-21-11-13-23(14-12-21)16-18-25-20-19-24(26-9-5-6-10-27(25)26)17-15-22-7-3-2-4-8-22/h2-14,19-20H,1H3. The summed E-state index contributed by atoms with van der Waals surface area (Å²) in [5.74, 6) is 13.2. The van der Waals surface area contributed by atoms with Gasteiger partial charge in [0, 0.05) is 22.3 Å². The van der Waals surface area contributed by atoms with Crippen molar-refractivity contribution in [3.05, 3.63) is 119 Å². The normalized spacial score (nSPS) is 9.81. The summed E-state index contributed by atoms with van der Waals surface area (Å²) in [5, 5.41) is 2.27. The average molecular weight is 342 g/mol. The van der Waals surface area contributed by atoms with Gasteiger partial charge in [0.15, 0.2) is 0 Å². The lowest BCUT2D eigenvalue weighted by atomic mass is 9.99. The number of benzene rings is 4. The molecule has 0 unspecified atom stereocenters. The van der Waals surface area contributed by atoms with E-state index in [1.165, 1.54) is 5.56 Å². The zero-order chi connectivity index (χ0) is 18.5. The molecule has 0 radical (unpaired) electrons. The highest BCUT2D eigenvalue weighted by atomic mass is 14.0. The van der Waals surface area contributed by atoms with Crippen molar-refractivity contribution in [3.63, 3.8) is 0 Å². The second-order valence-corrected chi connectivity index (χ2v) is 6.44. The third kappa shape index (κ3) is 3.92. The molecule has 4 rings (SSSR count). The molecule has 126 valence electrons. The van der Waals surface area contributed by atoms with Gasteiger partial charge in [-0.15, -0.1) is 0 Å². The van der Waals surface area contributed by atoms with Crippen LogP contribution in [0.4, 0.5) is 0 Å². The van der Waals surface area contributed by atoms with Gasteiger partial charge in [-0.25, -0.2) is 0 Å². The van der Waals surface area contributed by atoms with Crippen LogP contribution in [0.15, 0.2) is 91.0 Å². The van der Waals surface area contributed by atoms with Gasteiger partial charge in [-0.05, 0) is 54.1 Å². The highest BCUT2D eigenvalue weighted by Crippen LogP contribution is 2.22. The number of hydrogen-bond acceptors (Lipinski definition) is 0. The molecule has 0 aliphatic carbocycles. The first kappa shape index (κ1) is 16.7. The Balaban J connectivity index is 1.75. The Morgan fingerprint density at radius 3 is 1.48 bits per heavy atom. The number of hydrogen-bond donors (Lipinski definition) is 0. The van der Waals surface area contributed by atoms with Crippen LogP contribution < -0.4 is 0 Å². The molecule has 0 aliphatic rings. The Labute approximate surface area is 160 Å². The Kier molecular flexibility index (Phi) is 4.74. The highest BCUT2D eigenvalue weighted by Gasteiger charge is 2.02. The first-order chi connectivity index (χ1) is 13.3. The summed E-state index contributed by atoms with van der Waals surface area (Å²) >= 11 is 0. The van der Waals surface area contributed by atoms with E-state index in [4.69, 9.17) is 0 Å². The number of rotatable bonds is 0. The van der Waals surface area contributed by atoms with Gasteiger partial charge in [0.1, 0.15) is 0 Å². The maximum absolute atomic E-state index is 3.33. The molecule has 0 aromatic heterocycles. The third-order valence-corrected chi connectivity index (χ3v) is 4.43. The first-order valence-corrected chi connectivity index (χ1v) is 8.97. The van der Waals surface area contributed by atoms with E-state index in [0.717, 1.165) is 33.0 Å². The second-order valence-electron chi connectivity index (χ2n) is 6.44. The summed E-state index contributed by atoms with van der Waals surface area (Å²) in [6, 6.07) is 30.8.